The smallest absolute Gasteiger partial charge is 0.361 e. The lowest BCUT2D eigenvalue weighted by atomic mass is 9.84. The number of nitrogens with zero attached hydrogens (tertiary/aromatic N) is 5. The zero-order chi connectivity index (χ0) is 103. The number of hydrogen-bond acceptors (Lipinski definition) is 28. The Balaban J connectivity index is 0.000000143. The summed E-state index contributed by atoms with van der Waals surface area (Å²) >= 11 is 25.0. The van der Waals surface area contributed by atoms with E-state index >= 15 is 0 Å². The molecular formula is C101H101Cl4FN16O19. The Labute approximate surface area is 824 Å². The number of benzene rings is 5. The number of carbonyl (C=O) groups is 5. The van der Waals surface area contributed by atoms with E-state index in [2.05, 4.69) is 68.7 Å². The lowest BCUT2D eigenvalue weighted by Gasteiger charge is -2.31. The zero-order valence-corrected chi connectivity index (χ0v) is 83.2. The number of nitrogens with one attached hydrogen (secondary N) is 11. The van der Waals surface area contributed by atoms with Gasteiger partial charge in [0.2, 0.25) is 0 Å². The first kappa shape index (κ1) is 101. The van der Waals surface area contributed by atoms with Gasteiger partial charge in [-0.25, -0.2) is 19.1 Å². The second-order valence-corrected chi connectivity index (χ2v) is 41.2. The van der Waals surface area contributed by atoms with Gasteiger partial charge in [-0.15, -0.1) is 0 Å². The van der Waals surface area contributed by atoms with Crippen LogP contribution in [-0.4, -0.2) is 66.4 Å². The Morgan fingerprint density at radius 1 is 0.461 bits per heavy atom. The number of rotatable bonds is 25. The summed E-state index contributed by atoms with van der Waals surface area (Å²) in [5.41, 5.74) is 0.324. The van der Waals surface area contributed by atoms with Gasteiger partial charge in [0.1, 0.15) is 91.6 Å². The molecule has 141 heavy (non-hydrogen) atoms. The summed E-state index contributed by atoms with van der Waals surface area (Å²) in [6.07, 6.45) is 0. The van der Waals surface area contributed by atoms with Gasteiger partial charge in [-0.2, -0.15) is 4.68 Å². The van der Waals surface area contributed by atoms with Crippen LogP contribution in [-0.2, 0) is 26.2 Å². The van der Waals surface area contributed by atoms with Crippen LogP contribution in [0.2, 0.25) is 20.3 Å². The first-order chi connectivity index (χ1) is 66.1. The molecule has 4 aliphatic heterocycles. The van der Waals surface area contributed by atoms with Gasteiger partial charge in [-0.1, -0.05) is 130 Å². The number of halogens is 5. The van der Waals surface area contributed by atoms with Gasteiger partial charge in [0, 0.05) is 51.4 Å². The molecule has 5 aromatic heterocycles. The van der Waals surface area contributed by atoms with Crippen LogP contribution in [0.5, 0.6) is 0 Å². The fourth-order valence-corrected chi connectivity index (χ4v) is 18.1. The quantitative estimate of drug-likeness (QED) is 0.0236. The fraction of sp³-hybridized carbons (Fsp3) is 0.327. The summed E-state index contributed by atoms with van der Waals surface area (Å²) in [5.74, 6) is 1.33. The van der Waals surface area contributed by atoms with Gasteiger partial charge in [-0.05, 0) is 205 Å². The van der Waals surface area contributed by atoms with E-state index in [4.69, 9.17) is 64.1 Å². The number of hydrogen-bond donors (Lipinski definition) is 12. The van der Waals surface area contributed by atoms with Crippen molar-refractivity contribution in [3.8, 4) is 0 Å². The Morgan fingerprint density at radius 3 is 1.32 bits per heavy atom. The zero-order valence-electron chi connectivity index (χ0n) is 80.2. The van der Waals surface area contributed by atoms with Crippen molar-refractivity contribution in [1.82, 2.24) is 35.7 Å². The van der Waals surface area contributed by atoms with E-state index in [0.717, 1.165) is 38.7 Å². The van der Waals surface area contributed by atoms with Gasteiger partial charge in [0.15, 0.2) is 5.22 Å². The number of carbonyl (C=O) groups excluding carboxylic acids is 4. The third-order valence-corrected chi connectivity index (χ3v) is 26.5. The predicted octanol–water partition coefficient (Wildman–Crippen LogP) is 17.7. The molecule has 0 saturated carbocycles. The maximum absolute atomic E-state index is 14.7. The topological polar surface area (TPSA) is 485 Å². The van der Waals surface area contributed by atoms with E-state index in [1.54, 1.807) is 74.5 Å². The Bertz CT molecular complexity index is 7780. The molecule has 9 aromatic carbocycles. The van der Waals surface area contributed by atoms with Crippen molar-refractivity contribution in [1.29, 1.82) is 0 Å². The molecule has 0 spiro atoms. The highest BCUT2D eigenvalue weighted by atomic mass is 35.5. The molecule has 35 nitrogen and oxygen atoms in total. The van der Waals surface area contributed by atoms with Crippen LogP contribution < -0.4 is 107 Å². The number of carboxylic acid groups (broad SMARTS) is 1. The van der Waals surface area contributed by atoms with Gasteiger partial charge < -0.3 is 85.7 Å². The molecule has 9 heterocycles. The summed E-state index contributed by atoms with van der Waals surface area (Å²) < 4.78 is 39.0. The first-order valence-corrected chi connectivity index (χ1v) is 46.3. The highest BCUT2D eigenvalue weighted by molar-refractivity contribution is 6.34. The second kappa shape index (κ2) is 38.1. The lowest BCUT2D eigenvalue weighted by molar-refractivity contribution is 0.0696. The third kappa shape index (κ3) is 19.5. The minimum atomic E-state index is -1.16. The van der Waals surface area contributed by atoms with Crippen LogP contribution >= 0.6 is 46.4 Å². The molecule has 14 aromatic rings. The molecule has 5 atom stereocenters. The van der Waals surface area contributed by atoms with Crippen molar-refractivity contribution < 1.29 is 51.1 Å². The van der Waals surface area contributed by atoms with Crippen LogP contribution in [0.25, 0.3) is 0 Å². The van der Waals surface area contributed by atoms with Crippen molar-refractivity contribution >= 4 is 150 Å². The van der Waals surface area contributed by atoms with Crippen LogP contribution in [0.3, 0.4) is 0 Å². The van der Waals surface area contributed by atoms with Crippen LogP contribution in [0.4, 0.5) is 78.3 Å². The third-order valence-electron chi connectivity index (χ3n) is 25.2. The molecule has 0 unspecified atom stereocenters. The number of aromatic amines is 1. The van der Waals surface area contributed by atoms with Crippen molar-refractivity contribution in [2.24, 2.45) is 21.7 Å². The van der Waals surface area contributed by atoms with Gasteiger partial charge in [-0.3, -0.25) is 57.5 Å². The molecule has 0 saturated heterocycles. The molecule has 734 valence electrons. The Morgan fingerprint density at radius 2 is 0.894 bits per heavy atom. The molecule has 40 heteroatoms. The van der Waals surface area contributed by atoms with Crippen LogP contribution in [0.1, 0.15) is 251 Å². The average Bonchev–Trinajstić information content (AvgIpc) is 1.58. The molecular weight excluding hydrogens is 1900 g/mol. The summed E-state index contributed by atoms with van der Waals surface area (Å²) in [7, 11) is 0. The standard InChI is InChI=1S/C31H30ClN3O6.C25H26ClN7O5.C24H26FN3O4.C21H19Cl2N3O4/c1-14-7-8-17(30(39)40)21(11-14)35-13-18-19(32)9-10-20(23(18)29(35)38)33-24-25(27(37)26(24)36)34-28(31(4,5)6)22-12-15(2)16(3)41-22;1-12-5-8-16(38-12)22(25(2,3)4)28-19-18(20(34)21(19)35)27-15-7-6-14(26)13-11-32(23(36)17(13)15)9-10-33-24(37)29-30-31-33;1-10-9-15(32-12(10)3)22(24(4,5)6)28-19-18(20(29)21(19)30)27-17-14(25)8-7-13-11(2)26-23(31)16(13)17;1-21(2,3)19(12-6-7-13(23)30-12)26-16-15(17(27)18(16)28)25-11-5-4-10(22)9-8-24-20(29)14(9)11/h7-12,28,33-34H,13H2,1-6H3,(H,39,40);5-8,22,27-28H,9-11H2,1-4H3,(H,29,31,37);7-9,11,22,27-28H,1-6H3,(H,26,31);4-7,19,25-26H,8H2,1-3H3,(H,24,29)/t28-;22-;11-,22-;19-/m0000/s1. The fourth-order valence-electron chi connectivity index (χ4n) is 17.3. The maximum atomic E-state index is 14.7. The molecule has 4 amide bonds. The van der Waals surface area contributed by atoms with Crippen molar-refractivity contribution in [2.45, 2.75) is 188 Å². The number of carboxylic acids is 1. The highest BCUT2D eigenvalue weighted by Gasteiger charge is 2.43. The monoisotopic (exact) mass is 2000 g/mol. The van der Waals surface area contributed by atoms with Crippen molar-refractivity contribution in [3.05, 3.63) is 329 Å². The summed E-state index contributed by atoms with van der Waals surface area (Å²) in [6, 6.07) is 26.1. The van der Waals surface area contributed by atoms with Gasteiger partial charge >= 0.3 is 11.7 Å². The molecule has 4 aliphatic rings. The second-order valence-electron chi connectivity index (χ2n) is 39.6. The van der Waals surface area contributed by atoms with Crippen LogP contribution in [0.15, 0.2) is 164 Å². The molecule has 0 fully saturated rings. The van der Waals surface area contributed by atoms with Gasteiger partial charge in [0.05, 0.1) is 99.6 Å². The number of anilines is 13. The van der Waals surface area contributed by atoms with E-state index in [-0.39, 0.29) is 150 Å². The van der Waals surface area contributed by atoms with E-state index in [9.17, 15) is 76.6 Å². The van der Waals surface area contributed by atoms with Gasteiger partial charge in [0.25, 0.3) is 67.1 Å². The van der Waals surface area contributed by atoms with E-state index in [1.807, 2.05) is 142 Å². The van der Waals surface area contributed by atoms with Crippen LogP contribution in [0, 0.1) is 69.0 Å². The highest BCUT2D eigenvalue weighted by Crippen LogP contribution is 2.48. The summed E-state index contributed by atoms with van der Waals surface area (Å²) in [6.45, 7) is 37.7. The Hall–Kier alpha value is -14.8. The number of fused-ring (bicyclic) bond motifs is 4. The minimum absolute atomic E-state index is 0.0204. The molecule has 12 N–H and O–H groups in total. The largest absolute Gasteiger partial charge is 0.478 e. The summed E-state index contributed by atoms with van der Waals surface area (Å²) in [5, 5.41) is 50.3. The normalized spacial score (nSPS) is 14.8. The molecule has 0 bridgehead atoms. The molecule has 0 radical (unpaired) electrons. The van der Waals surface area contributed by atoms with Crippen molar-refractivity contribution in [2.75, 3.05) is 54.0 Å². The van der Waals surface area contributed by atoms with E-state index in [0.29, 0.717) is 89.4 Å². The maximum Gasteiger partial charge on any atom is 0.361 e. The summed E-state index contributed by atoms with van der Waals surface area (Å²) in [4.78, 5) is 178. The SMILES string of the molecule is CC(C)(C)[C@@H](Nc1c(Nc2ccc(Cl)c3c2C(=O)NC3)c(=O)c1=O)c1ccc(Cl)o1.Cc1cc([C@H](Nc2c(Nc3c(F)ccc4c3C(=O)N[C@H]4C)c(=O)c2=O)C(C)(C)C)oc1C.Cc1ccc(C(=O)O)c(N2Cc3c(Cl)ccc(Nc4c(N[C@@H](c5cc(C)c(C)o5)C(C)(C)C)c(=O)c4=O)c3C2=O)c1.Cc1ccc([C@H](Nc2c(Nc3ccc(Cl)c4c3C(=O)N(CCn3nn[nH]c3=O)C4)c(=O)c2=O)C(C)(C)C)o1. The number of aryl methyl sites for hydroxylation is 6. The minimum Gasteiger partial charge on any atom is -0.478 e. The molecule has 0 aliphatic carbocycles. The van der Waals surface area contributed by atoms with E-state index < -0.39 is 96.9 Å². The number of amides is 4. The number of aromatic nitrogens is 4. The van der Waals surface area contributed by atoms with Crippen molar-refractivity contribution in [3.63, 3.8) is 0 Å². The number of aromatic carboxylic acids is 1. The number of tetrazole rings is 1. The first-order valence-electron chi connectivity index (χ1n) is 44.8. The predicted molar refractivity (Wildman–Crippen MR) is 537 cm³/mol. The number of H-pyrrole nitrogens is 1. The molecule has 18 rings (SSSR count). The van der Waals surface area contributed by atoms with E-state index in [1.165, 1.54) is 28.0 Å². The average molecular weight is 2000 g/mol. The Kier molecular flexibility index (Phi) is 27.2. The lowest BCUT2D eigenvalue weighted by Crippen LogP contribution is -2.39. The number of furan rings is 4.